The number of rotatable bonds is 9. The van der Waals surface area contributed by atoms with E-state index >= 15 is 0 Å². The van der Waals surface area contributed by atoms with Crippen molar-refractivity contribution in [2.75, 3.05) is 19.6 Å². The van der Waals surface area contributed by atoms with Crippen LogP contribution < -0.4 is 5.32 Å². The second-order valence-corrected chi connectivity index (χ2v) is 8.81. The van der Waals surface area contributed by atoms with Crippen molar-refractivity contribution in [3.05, 3.63) is 45.9 Å². The highest BCUT2D eigenvalue weighted by atomic mass is 35.5. The summed E-state index contributed by atoms with van der Waals surface area (Å²) in [5, 5.41) is 9.49. The average Bonchev–Trinajstić information content (AvgIpc) is 3.27. The minimum Gasteiger partial charge on any atom is -0.349 e. The molecule has 156 valence electrons. The molecule has 2 aromatic heterocycles. The Hall–Kier alpha value is -1.89. The van der Waals surface area contributed by atoms with E-state index in [1.54, 1.807) is 0 Å². The molecule has 0 spiro atoms. The molecule has 0 saturated heterocycles. The van der Waals surface area contributed by atoms with Crippen LogP contribution in [0.5, 0.6) is 0 Å². The van der Waals surface area contributed by atoms with E-state index in [0.29, 0.717) is 5.02 Å². The first-order chi connectivity index (χ1) is 13.9. The summed E-state index contributed by atoms with van der Waals surface area (Å²) in [6.07, 6.45) is 2.06. The summed E-state index contributed by atoms with van der Waals surface area (Å²) in [5.41, 5.74) is 1.85. The highest BCUT2D eigenvalue weighted by Crippen LogP contribution is 2.30. The number of nitrogens with zero attached hydrogens (tertiary/aromatic N) is 3. The third-order valence-corrected chi connectivity index (χ3v) is 6.58. The van der Waals surface area contributed by atoms with Gasteiger partial charge in [-0.25, -0.2) is 4.68 Å². The number of benzene rings is 1. The Morgan fingerprint density at radius 2 is 1.97 bits per heavy atom. The lowest BCUT2D eigenvalue weighted by Gasteiger charge is -2.19. The van der Waals surface area contributed by atoms with E-state index in [0.717, 1.165) is 59.0 Å². The van der Waals surface area contributed by atoms with Crippen molar-refractivity contribution in [1.29, 1.82) is 0 Å². The van der Waals surface area contributed by atoms with Gasteiger partial charge in [0.15, 0.2) is 0 Å². The summed E-state index contributed by atoms with van der Waals surface area (Å²) in [6, 6.07) is 9.67. The highest BCUT2D eigenvalue weighted by Gasteiger charge is 2.18. The van der Waals surface area contributed by atoms with Crippen LogP contribution in [0.2, 0.25) is 5.02 Å². The lowest BCUT2D eigenvalue weighted by atomic mass is 10.1. The number of carbonyl (C=O) groups excluding carboxylic acids is 1. The number of aryl methyl sites for hydroxylation is 1. The summed E-state index contributed by atoms with van der Waals surface area (Å²) in [7, 11) is 0. The van der Waals surface area contributed by atoms with Gasteiger partial charge in [-0.1, -0.05) is 25.4 Å². The second-order valence-electron chi connectivity index (χ2n) is 7.35. The Morgan fingerprint density at radius 3 is 2.62 bits per heavy atom. The van der Waals surface area contributed by atoms with Crippen LogP contribution in [-0.4, -0.2) is 46.3 Å². The zero-order valence-electron chi connectivity index (χ0n) is 17.5. The maximum absolute atomic E-state index is 12.8. The molecule has 0 radical (unpaired) electrons. The molecule has 3 rings (SSSR count). The first kappa shape index (κ1) is 21.8. The molecule has 29 heavy (non-hydrogen) atoms. The molecule has 1 N–H and O–H groups in total. The predicted octanol–water partition coefficient (Wildman–Crippen LogP) is 5.29. The van der Waals surface area contributed by atoms with Crippen LogP contribution in [0.15, 0.2) is 30.3 Å². The smallest absolute Gasteiger partial charge is 0.261 e. The molecular formula is C22H29ClN4OS. The zero-order valence-corrected chi connectivity index (χ0v) is 19.1. The fourth-order valence-electron chi connectivity index (χ4n) is 3.44. The normalized spacial score (nSPS) is 12.6. The number of hydrogen-bond acceptors (Lipinski definition) is 4. The number of carbonyl (C=O) groups is 1. The van der Waals surface area contributed by atoms with E-state index in [4.69, 9.17) is 11.6 Å². The third kappa shape index (κ3) is 5.18. The van der Waals surface area contributed by atoms with E-state index in [-0.39, 0.29) is 11.9 Å². The number of hydrogen-bond donors (Lipinski definition) is 1. The van der Waals surface area contributed by atoms with Crippen LogP contribution in [0.25, 0.3) is 15.9 Å². The maximum Gasteiger partial charge on any atom is 0.261 e. The van der Waals surface area contributed by atoms with E-state index in [1.165, 1.54) is 11.3 Å². The number of thiophene rings is 1. The predicted molar refractivity (Wildman–Crippen MR) is 123 cm³/mol. The van der Waals surface area contributed by atoms with Gasteiger partial charge in [-0.15, -0.1) is 11.3 Å². The van der Waals surface area contributed by atoms with Crippen molar-refractivity contribution >= 4 is 39.1 Å². The van der Waals surface area contributed by atoms with Crippen molar-refractivity contribution < 1.29 is 4.79 Å². The first-order valence-corrected chi connectivity index (χ1v) is 11.4. The average molecular weight is 433 g/mol. The van der Waals surface area contributed by atoms with Gasteiger partial charge in [-0.05, 0) is 76.7 Å². The SMILES string of the molecule is CCN(CC)CCC[C@@H](C)NC(=O)c1cc2c(C)nn(-c3ccc(Cl)cc3)c2s1. The minimum absolute atomic E-state index is 0.0106. The summed E-state index contributed by atoms with van der Waals surface area (Å²) in [6.45, 7) is 11.6. The van der Waals surface area contributed by atoms with Gasteiger partial charge in [0.05, 0.1) is 16.3 Å². The van der Waals surface area contributed by atoms with Crippen LogP contribution in [0.1, 0.15) is 49.0 Å². The monoisotopic (exact) mass is 432 g/mol. The number of amides is 1. The molecule has 0 saturated carbocycles. The van der Waals surface area contributed by atoms with Crippen molar-refractivity contribution in [1.82, 2.24) is 20.0 Å². The van der Waals surface area contributed by atoms with E-state index in [1.807, 2.05) is 41.9 Å². The molecule has 5 nitrogen and oxygen atoms in total. The molecule has 0 unspecified atom stereocenters. The summed E-state index contributed by atoms with van der Waals surface area (Å²) in [4.78, 5) is 16.9. The zero-order chi connectivity index (χ0) is 21.0. The van der Waals surface area contributed by atoms with Gasteiger partial charge in [0.25, 0.3) is 5.91 Å². The van der Waals surface area contributed by atoms with E-state index < -0.39 is 0 Å². The summed E-state index contributed by atoms with van der Waals surface area (Å²) in [5.74, 6) is -0.0106. The molecule has 0 fully saturated rings. The Kier molecular flexibility index (Phi) is 7.33. The second kappa shape index (κ2) is 9.74. The number of halogens is 1. The van der Waals surface area contributed by atoms with Gasteiger partial charge >= 0.3 is 0 Å². The summed E-state index contributed by atoms with van der Waals surface area (Å²) >= 11 is 7.48. The molecule has 7 heteroatoms. The first-order valence-electron chi connectivity index (χ1n) is 10.2. The molecule has 0 bridgehead atoms. The Balaban J connectivity index is 1.69. The van der Waals surface area contributed by atoms with Crippen molar-refractivity contribution in [3.8, 4) is 5.69 Å². The Morgan fingerprint density at radius 1 is 1.28 bits per heavy atom. The molecule has 1 aromatic carbocycles. The molecule has 3 aromatic rings. The fourth-order valence-corrected chi connectivity index (χ4v) is 4.66. The van der Waals surface area contributed by atoms with Gasteiger partial charge in [0.1, 0.15) is 4.83 Å². The molecule has 0 aliphatic carbocycles. The largest absolute Gasteiger partial charge is 0.349 e. The summed E-state index contributed by atoms with van der Waals surface area (Å²) < 4.78 is 1.88. The van der Waals surface area contributed by atoms with Crippen LogP contribution in [0.3, 0.4) is 0 Å². The van der Waals surface area contributed by atoms with E-state index in [9.17, 15) is 4.79 Å². The lowest BCUT2D eigenvalue weighted by Crippen LogP contribution is -2.33. The molecule has 1 atom stereocenters. The standard InChI is InChI=1S/C22H29ClN4OS/c1-5-26(6-2)13-7-8-15(3)24-21(28)20-14-19-16(4)25-27(22(19)29-20)18-11-9-17(23)10-12-18/h9-12,14-15H,5-8,13H2,1-4H3,(H,24,28)/t15-/m1/s1. The van der Waals surface area contributed by atoms with Gasteiger partial charge in [-0.2, -0.15) is 5.10 Å². The maximum atomic E-state index is 12.8. The van der Waals surface area contributed by atoms with Gasteiger partial charge in [0.2, 0.25) is 0 Å². The van der Waals surface area contributed by atoms with Gasteiger partial charge in [0, 0.05) is 16.5 Å². The third-order valence-electron chi connectivity index (χ3n) is 5.22. The molecule has 2 heterocycles. The molecule has 0 aliphatic heterocycles. The van der Waals surface area contributed by atoms with Gasteiger partial charge in [-0.3, -0.25) is 4.79 Å². The van der Waals surface area contributed by atoms with Gasteiger partial charge < -0.3 is 10.2 Å². The highest BCUT2D eigenvalue weighted by molar-refractivity contribution is 7.20. The lowest BCUT2D eigenvalue weighted by molar-refractivity contribution is 0.0941. The number of nitrogens with one attached hydrogen (secondary N) is 1. The fraction of sp³-hybridized carbons (Fsp3) is 0.455. The van der Waals surface area contributed by atoms with Crippen LogP contribution in [0.4, 0.5) is 0 Å². The van der Waals surface area contributed by atoms with Crippen molar-refractivity contribution in [2.24, 2.45) is 0 Å². The number of aromatic nitrogens is 2. The number of fused-ring (bicyclic) bond motifs is 1. The quantitative estimate of drug-likeness (QED) is 0.499. The Labute approximate surface area is 181 Å². The van der Waals surface area contributed by atoms with Crippen LogP contribution in [0, 0.1) is 6.92 Å². The molecule has 0 aliphatic rings. The van der Waals surface area contributed by atoms with Crippen molar-refractivity contribution in [3.63, 3.8) is 0 Å². The topological polar surface area (TPSA) is 50.2 Å². The van der Waals surface area contributed by atoms with E-state index in [2.05, 4.69) is 36.1 Å². The van der Waals surface area contributed by atoms with Crippen molar-refractivity contribution in [2.45, 2.75) is 46.6 Å². The Bertz CT molecular complexity index is 959. The van der Waals surface area contributed by atoms with Crippen LogP contribution in [-0.2, 0) is 0 Å². The minimum atomic E-state index is -0.0106. The van der Waals surface area contributed by atoms with Crippen LogP contribution >= 0.6 is 22.9 Å². The molecular weight excluding hydrogens is 404 g/mol. The molecule has 1 amide bonds.